The first-order valence-electron chi connectivity index (χ1n) is 6.14. The molecular weight excluding hydrogens is 276 g/mol. The second-order valence-corrected chi connectivity index (χ2v) is 5.87. The highest BCUT2D eigenvalue weighted by Crippen LogP contribution is 2.18. The van der Waals surface area contributed by atoms with Crippen LogP contribution in [0.2, 0.25) is 0 Å². The van der Waals surface area contributed by atoms with Crippen molar-refractivity contribution in [2.45, 2.75) is 11.3 Å². The Balaban J connectivity index is 2.04. The molecule has 2 heterocycles. The highest BCUT2D eigenvalue weighted by Gasteiger charge is 2.17. The monoisotopic (exact) mass is 292 g/mol. The minimum Gasteiger partial charge on any atom is -0.387 e. The van der Waals surface area contributed by atoms with Gasteiger partial charge in [0.1, 0.15) is 4.90 Å². The number of hydrogen-bond donors (Lipinski definition) is 2. The van der Waals surface area contributed by atoms with Crippen molar-refractivity contribution in [1.82, 2.24) is 14.7 Å². The van der Waals surface area contributed by atoms with Crippen LogP contribution < -0.4 is 10.0 Å². The van der Waals surface area contributed by atoms with Crippen LogP contribution in [-0.4, -0.2) is 32.0 Å². The van der Waals surface area contributed by atoms with Gasteiger partial charge >= 0.3 is 0 Å². The Hall–Kier alpha value is -1.99. The number of nitrogens with zero attached hydrogens (tertiary/aromatic N) is 2. The summed E-state index contributed by atoms with van der Waals surface area (Å²) >= 11 is 0. The summed E-state index contributed by atoms with van der Waals surface area (Å²) in [4.78, 5) is 7.99. The van der Waals surface area contributed by atoms with E-state index in [9.17, 15) is 8.42 Å². The van der Waals surface area contributed by atoms with E-state index < -0.39 is 10.0 Å². The van der Waals surface area contributed by atoms with Crippen molar-refractivity contribution >= 4 is 15.7 Å². The zero-order valence-electron chi connectivity index (χ0n) is 11.1. The second kappa shape index (κ2) is 6.44. The highest BCUT2D eigenvalue weighted by atomic mass is 32.2. The van der Waals surface area contributed by atoms with Crippen LogP contribution in [-0.2, 0) is 16.4 Å². The van der Waals surface area contributed by atoms with Gasteiger partial charge in [-0.25, -0.2) is 13.1 Å². The summed E-state index contributed by atoms with van der Waals surface area (Å²) < 4.78 is 27.0. The van der Waals surface area contributed by atoms with Gasteiger partial charge in [0.05, 0.1) is 5.69 Å². The predicted octanol–water partition coefficient (Wildman–Crippen LogP) is 1.04. The molecule has 2 aromatic heterocycles. The van der Waals surface area contributed by atoms with E-state index in [1.807, 2.05) is 12.1 Å². The van der Waals surface area contributed by atoms with E-state index in [1.165, 1.54) is 6.20 Å². The third-order valence-corrected chi connectivity index (χ3v) is 4.26. The molecule has 0 atom stereocenters. The Morgan fingerprint density at radius 3 is 2.65 bits per heavy atom. The molecule has 0 radical (unpaired) electrons. The molecule has 0 amide bonds. The fourth-order valence-electron chi connectivity index (χ4n) is 1.75. The van der Waals surface area contributed by atoms with Crippen LogP contribution >= 0.6 is 0 Å². The van der Waals surface area contributed by atoms with Gasteiger partial charge in [-0.1, -0.05) is 6.07 Å². The van der Waals surface area contributed by atoms with Crippen molar-refractivity contribution in [3.8, 4) is 0 Å². The molecule has 20 heavy (non-hydrogen) atoms. The Bertz CT molecular complexity index is 659. The van der Waals surface area contributed by atoms with Crippen LogP contribution in [0.25, 0.3) is 0 Å². The first kappa shape index (κ1) is 14.4. The molecule has 106 valence electrons. The zero-order chi connectivity index (χ0) is 14.4. The molecule has 0 spiro atoms. The summed E-state index contributed by atoms with van der Waals surface area (Å²) in [5, 5.41) is 2.84. The summed E-state index contributed by atoms with van der Waals surface area (Å²) in [5.41, 5.74) is 1.50. The van der Waals surface area contributed by atoms with Crippen LogP contribution in [0.5, 0.6) is 0 Å². The van der Waals surface area contributed by atoms with E-state index in [4.69, 9.17) is 0 Å². The van der Waals surface area contributed by atoms with Gasteiger partial charge < -0.3 is 5.32 Å². The Labute approximate surface area is 118 Å². The summed E-state index contributed by atoms with van der Waals surface area (Å²) in [7, 11) is -1.90. The van der Waals surface area contributed by atoms with Crippen LogP contribution in [0, 0.1) is 0 Å². The molecule has 0 bridgehead atoms. The van der Waals surface area contributed by atoms with Gasteiger partial charge in [-0.15, -0.1) is 0 Å². The normalized spacial score (nSPS) is 11.2. The minimum absolute atomic E-state index is 0.147. The zero-order valence-corrected chi connectivity index (χ0v) is 11.9. The predicted molar refractivity (Wildman–Crippen MR) is 76.9 cm³/mol. The molecule has 0 fully saturated rings. The molecule has 0 unspecified atom stereocenters. The molecule has 0 aliphatic carbocycles. The quantitative estimate of drug-likeness (QED) is 0.831. The van der Waals surface area contributed by atoms with E-state index >= 15 is 0 Å². The van der Waals surface area contributed by atoms with Crippen molar-refractivity contribution in [1.29, 1.82) is 0 Å². The molecule has 6 nitrogen and oxygen atoms in total. The van der Waals surface area contributed by atoms with Crippen molar-refractivity contribution < 1.29 is 8.42 Å². The topological polar surface area (TPSA) is 84.0 Å². The number of sulfonamides is 1. The highest BCUT2D eigenvalue weighted by molar-refractivity contribution is 7.89. The van der Waals surface area contributed by atoms with Crippen LogP contribution in [0.1, 0.15) is 5.56 Å². The van der Waals surface area contributed by atoms with Crippen LogP contribution in [0.3, 0.4) is 0 Å². The van der Waals surface area contributed by atoms with Gasteiger partial charge in [0.15, 0.2) is 0 Å². The summed E-state index contributed by atoms with van der Waals surface area (Å²) in [6.07, 6.45) is 6.86. The maximum atomic E-state index is 12.2. The molecule has 0 aromatic carbocycles. The van der Waals surface area contributed by atoms with Crippen molar-refractivity contribution in [3.05, 3.63) is 48.5 Å². The van der Waals surface area contributed by atoms with Crippen molar-refractivity contribution in [2.24, 2.45) is 0 Å². The molecule has 0 aliphatic heterocycles. The SMILES string of the molecule is CNc1ccncc1S(=O)(=O)NCCc1cccnc1. The van der Waals surface area contributed by atoms with Crippen LogP contribution in [0.4, 0.5) is 5.69 Å². The Morgan fingerprint density at radius 2 is 1.95 bits per heavy atom. The molecular formula is C13H16N4O2S. The number of aromatic nitrogens is 2. The number of hydrogen-bond acceptors (Lipinski definition) is 5. The lowest BCUT2D eigenvalue weighted by Crippen LogP contribution is -2.26. The fraction of sp³-hybridized carbons (Fsp3) is 0.231. The summed E-state index contributed by atoms with van der Waals surface area (Å²) in [6, 6.07) is 5.35. The standard InChI is InChI=1S/C13H16N4O2S/c1-14-12-5-7-16-10-13(12)20(18,19)17-8-4-11-3-2-6-15-9-11/h2-3,5-7,9-10,17H,4,8H2,1H3,(H,14,16). The smallest absolute Gasteiger partial charge is 0.244 e. The van der Waals surface area contributed by atoms with Crippen molar-refractivity contribution in [3.63, 3.8) is 0 Å². The lowest BCUT2D eigenvalue weighted by Gasteiger charge is -2.10. The minimum atomic E-state index is -3.57. The lowest BCUT2D eigenvalue weighted by atomic mass is 10.2. The van der Waals surface area contributed by atoms with Gasteiger partial charge in [0.25, 0.3) is 0 Å². The van der Waals surface area contributed by atoms with E-state index in [1.54, 1.807) is 31.7 Å². The summed E-state index contributed by atoms with van der Waals surface area (Å²) in [5.74, 6) is 0. The molecule has 0 saturated carbocycles. The van der Waals surface area contributed by atoms with Gasteiger partial charge in [0, 0.05) is 38.4 Å². The number of rotatable bonds is 6. The molecule has 7 heteroatoms. The Morgan fingerprint density at radius 1 is 1.15 bits per heavy atom. The van der Waals surface area contributed by atoms with Gasteiger partial charge in [-0.2, -0.15) is 0 Å². The summed E-state index contributed by atoms with van der Waals surface area (Å²) in [6.45, 7) is 0.312. The number of pyridine rings is 2. The molecule has 0 aliphatic rings. The largest absolute Gasteiger partial charge is 0.387 e. The van der Waals surface area contributed by atoms with E-state index in [0.29, 0.717) is 18.7 Å². The maximum Gasteiger partial charge on any atom is 0.244 e. The molecule has 0 saturated heterocycles. The average Bonchev–Trinajstić information content (AvgIpc) is 2.48. The van der Waals surface area contributed by atoms with E-state index in [-0.39, 0.29) is 4.90 Å². The molecule has 2 aromatic rings. The maximum absolute atomic E-state index is 12.2. The third-order valence-electron chi connectivity index (χ3n) is 2.77. The van der Waals surface area contributed by atoms with Crippen molar-refractivity contribution in [2.75, 3.05) is 18.9 Å². The second-order valence-electron chi connectivity index (χ2n) is 4.13. The van der Waals surface area contributed by atoms with E-state index in [2.05, 4.69) is 20.0 Å². The fourth-order valence-corrected chi connectivity index (χ4v) is 2.94. The van der Waals surface area contributed by atoms with E-state index in [0.717, 1.165) is 5.56 Å². The first-order chi connectivity index (χ1) is 9.63. The van der Waals surface area contributed by atoms with Gasteiger partial charge in [0.2, 0.25) is 10.0 Å². The molecule has 2 N–H and O–H groups in total. The Kier molecular flexibility index (Phi) is 4.65. The van der Waals surface area contributed by atoms with Gasteiger partial charge in [-0.05, 0) is 24.1 Å². The molecule has 2 rings (SSSR count). The van der Waals surface area contributed by atoms with Crippen LogP contribution in [0.15, 0.2) is 47.9 Å². The lowest BCUT2D eigenvalue weighted by molar-refractivity contribution is 0.581. The third kappa shape index (κ3) is 3.52. The number of anilines is 1. The first-order valence-corrected chi connectivity index (χ1v) is 7.62. The number of nitrogens with one attached hydrogen (secondary N) is 2. The average molecular weight is 292 g/mol. The van der Waals surface area contributed by atoms with Gasteiger partial charge in [-0.3, -0.25) is 9.97 Å².